The average molecular weight is 527 g/mol. The largest absolute Gasteiger partial charge is 0.616 e. The van der Waals surface area contributed by atoms with Crippen molar-refractivity contribution in [3.05, 3.63) is 34.9 Å². The zero-order valence-corrected chi connectivity index (χ0v) is 19.5. The van der Waals surface area contributed by atoms with Gasteiger partial charge in [-0.05, 0) is 43.2 Å². The molecule has 0 radical (unpaired) electrons. The normalized spacial score (nSPS) is 29.2. The van der Waals surface area contributed by atoms with Crippen LogP contribution in [0, 0.1) is 0 Å². The second-order valence-electron chi connectivity index (χ2n) is 9.94. The molecule has 0 bridgehead atoms. The van der Waals surface area contributed by atoms with Gasteiger partial charge in [-0.1, -0.05) is 29.4 Å². The van der Waals surface area contributed by atoms with Gasteiger partial charge in [-0.15, -0.1) is 0 Å². The molecule has 1 saturated carbocycles. The van der Waals surface area contributed by atoms with E-state index in [0.717, 1.165) is 12.8 Å². The van der Waals surface area contributed by atoms with Gasteiger partial charge in [0.25, 0.3) is 0 Å². The second-order valence-corrected chi connectivity index (χ2v) is 11.6. The quantitative estimate of drug-likeness (QED) is 0.402. The van der Waals surface area contributed by atoms with Gasteiger partial charge >= 0.3 is 24.1 Å². The van der Waals surface area contributed by atoms with E-state index in [2.05, 4.69) is 0 Å². The predicted octanol–water partition coefficient (Wildman–Crippen LogP) is 5.19. The molecule has 4 atom stereocenters. The first-order valence-corrected chi connectivity index (χ1v) is 13.2. The molecule has 194 valence electrons. The maximum absolute atomic E-state index is 14.6. The number of alkyl halides is 7. The molecule has 4 aliphatic rings. The zero-order valence-electron chi connectivity index (χ0n) is 18.7. The summed E-state index contributed by atoms with van der Waals surface area (Å²) in [6, 6.07) is 2.15. The van der Waals surface area contributed by atoms with E-state index in [1.807, 2.05) is 4.90 Å². The maximum atomic E-state index is 14.6. The Morgan fingerprint density at radius 3 is 2.23 bits per heavy atom. The van der Waals surface area contributed by atoms with Crippen LogP contribution in [0.15, 0.2) is 18.2 Å². The molecular formula is C23H25F7N2O2S. The van der Waals surface area contributed by atoms with Gasteiger partial charge in [0.2, 0.25) is 0 Å². The number of benzene rings is 1. The first-order valence-electron chi connectivity index (χ1n) is 11.7. The van der Waals surface area contributed by atoms with Crippen molar-refractivity contribution in [3.8, 4) is 0 Å². The lowest BCUT2D eigenvalue weighted by molar-refractivity contribution is -0.348. The van der Waals surface area contributed by atoms with Crippen molar-refractivity contribution < 1.29 is 40.1 Å². The lowest BCUT2D eigenvalue weighted by Crippen LogP contribution is -2.52. The van der Waals surface area contributed by atoms with Gasteiger partial charge in [-0.25, -0.2) is 9.18 Å². The number of amides is 2. The minimum Gasteiger partial charge on any atom is -0.616 e. The van der Waals surface area contributed by atoms with Crippen LogP contribution in [-0.2, 0) is 23.3 Å². The summed E-state index contributed by atoms with van der Waals surface area (Å²) >= 11 is -0.944. The fourth-order valence-electron chi connectivity index (χ4n) is 5.98. The Balaban J connectivity index is 1.39. The maximum Gasteiger partial charge on any atom is 0.435 e. The molecular weight excluding hydrogens is 501 g/mol. The number of carbonyl (C=O) groups is 1. The number of likely N-dealkylation sites (tertiary alicyclic amines) is 1. The molecule has 35 heavy (non-hydrogen) atoms. The van der Waals surface area contributed by atoms with E-state index in [1.165, 1.54) is 6.07 Å². The molecule has 2 heterocycles. The van der Waals surface area contributed by atoms with E-state index in [9.17, 15) is 40.1 Å². The number of carbonyl (C=O) groups excluding carboxylic acids is 1. The topological polar surface area (TPSA) is 46.6 Å². The van der Waals surface area contributed by atoms with Crippen LogP contribution in [0.4, 0.5) is 35.5 Å². The number of nitrogens with zero attached hydrogens (tertiary/aromatic N) is 2. The first-order chi connectivity index (χ1) is 16.3. The number of rotatable bonds is 3. The van der Waals surface area contributed by atoms with Gasteiger partial charge in [0.15, 0.2) is 0 Å². The molecule has 4 unspecified atom stereocenters. The fraction of sp³-hybridized carbons (Fsp3) is 0.696. The Bertz CT molecular complexity index is 983. The van der Waals surface area contributed by atoms with Crippen LogP contribution in [-0.4, -0.2) is 68.9 Å². The number of hydrogen-bond acceptors (Lipinski definition) is 2. The Labute approximate surface area is 201 Å². The molecule has 1 aromatic rings. The summed E-state index contributed by atoms with van der Waals surface area (Å²) in [5, 5.41) is 0. The highest BCUT2D eigenvalue weighted by atomic mass is 32.2. The molecule has 0 spiro atoms. The summed E-state index contributed by atoms with van der Waals surface area (Å²) in [5.74, 6) is 0.787. The third-order valence-corrected chi connectivity index (χ3v) is 9.28. The van der Waals surface area contributed by atoms with Crippen molar-refractivity contribution >= 4 is 17.2 Å². The SMILES string of the molecule is O=C(N1CCC2c3ccc(C(F)(C(F)(F)F)C(F)(F)F)cc3CCC21)N(C1CC1)C1CC[S+]([O-])C1. The van der Waals surface area contributed by atoms with E-state index in [4.69, 9.17) is 0 Å². The van der Waals surface area contributed by atoms with Gasteiger partial charge in [0.1, 0.15) is 11.5 Å². The number of urea groups is 1. The van der Waals surface area contributed by atoms with Crippen LogP contribution in [0.3, 0.4) is 0 Å². The minimum atomic E-state index is -6.15. The molecule has 2 aliphatic heterocycles. The number of hydrogen-bond donors (Lipinski definition) is 0. The summed E-state index contributed by atoms with van der Waals surface area (Å²) in [4.78, 5) is 17.2. The molecule has 5 rings (SSSR count). The summed E-state index contributed by atoms with van der Waals surface area (Å²) in [5.41, 5.74) is -6.07. The van der Waals surface area contributed by atoms with E-state index in [-0.39, 0.29) is 42.1 Å². The third-order valence-electron chi connectivity index (χ3n) is 7.83. The second kappa shape index (κ2) is 8.43. The lowest BCUT2D eigenvalue weighted by atomic mass is 9.77. The Morgan fingerprint density at radius 2 is 1.66 bits per heavy atom. The number of fused-ring (bicyclic) bond motifs is 3. The number of halogens is 7. The van der Waals surface area contributed by atoms with Gasteiger partial charge < -0.3 is 14.4 Å². The van der Waals surface area contributed by atoms with Crippen LogP contribution >= 0.6 is 0 Å². The van der Waals surface area contributed by atoms with Crippen molar-refractivity contribution in [1.82, 2.24) is 9.80 Å². The van der Waals surface area contributed by atoms with Gasteiger partial charge in [0, 0.05) is 36.5 Å². The smallest absolute Gasteiger partial charge is 0.435 e. The van der Waals surface area contributed by atoms with Crippen LogP contribution in [0.2, 0.25) is 0 Å². The Morgan fingerprint density at radius 1 is 0.971 bits per heavy atom. The standard InChI is InChI=1S/C23H25F7N2O2S/c24-21(22(25,26)27,23(28,29)30)14-2-5-17-13(11-14)1-6-19-18(17)7-9-31(19)20(33)32(15-3-4-15)16-8-10-35(34)12-16/h2,5,11,15-16,18-19H,1,3-4,6-10,12H2. The lowest BCUT2D eigenvalue weighted by Gasteiger charge is -2.38. The fourth-order valence-corrected chi connectivity index (χ4v) is 7.44. The molecule has 0 N–H and O–H groups in total. The Kier molecular flexibility index (Phi) is 6.01. The van der Waals surface area contributed by atoms with Gasteiger partial charge in [-0.2, -0.15) is 26.3 Å². The van der Waals surface area contributed by atoms with E-state index in [1.54, 1.807) is 4.90 Å². The summed E-state index contributed by atoms with van der Waals surface area (Å²) in [7, 11) is 0. The summed E-state index contributed by atoms with van der Waals surface area (Å²) < 4.78 is 106. The molecule has 2 amide bonds. The summed E-state index contributed by atoms with van der Waals surface area (Å²) in [6.45, 7) is 0.423. The summed E-state index contributed by atoms with van der Waals surface area (Å²) in [6.07, 6.45) is -8.77. The molecule has 3 fully saturated rings. The highest BCUT2D eigenvalue weighted by molar-refractivity contribution is 7.91. The van der Waals surface area contributed by atoms with Crippen molar-refractivity contribution in [2.24, 2.45) is 0 Å². The highest BCUT2D eigenvalue weighted by Gasteiger charge is 2.73. The number of aryl methyl sites for hydroxylation is 1. The van der Waals surface area contributed by atoms with E-state index < -0.39 is 34.8 Å². The van der Waals surface area contributed by atoms with Gasteiger partial charge in [-0.3, -0.25) is 0 Å². The monoisotopic (exact) mass is 526 g/mol. The van der Waals surface area contributed by atoms with Crippen molar-refractivity contribution in [2.75, 3.05) is 18.1 Å². The molecule has 12 heteroatoms. The zero-order chi connectivity index (χ0) is 25.3. The molecule has 2 saturated heterocycles. The first kappa shape index (κ1) is 25.0. The van der Waals surface area contributed by atoms with Crippen molar-refractivity contribution in [1.29, 1.82) is 0 Å². The Hall–Kier alpha value is -1.69. The predicted molar refractivity (Wildman–Crippen MR) is 114 cm³/mol. The van der Waals surface area contributed by atoms with Crippen LogP contribution in [0.25, 0.3) is 0 Å². The minimum absolute atomic E-state index is 0.0734. The van der Waals surface area contributed by atoms with E-state index >= 15 is 0 Å². The van der Waals surface area contributed by atoms with Crippen molar-refractivity contribution in [3.63, 3.8) is 0 Å². The third kappa shape index (κ3) is 4.08. The van der Waals surface area contributed by atoms with Crippen molar-refractivity contribution in [2.45, 2.75) is 80.6 Å². The molecule has 2 aliphatic carbocycles. The average Bonchev–Trinajstić information content (AvgIpc) is 3.35. The van der Waals surface area contributed by atoms with Crippen LogP contribution in [0.5, 0.6) is 0 Å². The highest BCUT2D eigenvalue weighted by Crippen LogP contribution is 2.54. The van der Waals surface area contributed by atoms with E-state index in [0.29, 0.717) is 55.0 Å². The molecule has 1 aromatic carbocycles. The van der Waals surface area contributed by atoms with Gasteiger partial charge in [0.05, 0.1) is 6.04 Å². The van der Waals surface area contributed by atoms with Crippen LogP contribution < -0.4 is 0 Å². The van der Waals surface area contributed by atoms with Crippen LogP contribution in [0.1, 0.15) is 54.7 Å². The molecule has 4 nitrogen and oxygen atoms in total. The molecule has 0 aromatic heterocycles.